The highest BCUT2D eigenvalue weighted by atomic mass is 35.5. The minimum atomic E-state index is -0.745. The number of hydrogen-bond donors (Lipinski definition) is 1. The van der Waals surface area contributed by atoms with Crippen LogP contribution in [0.2, 0.25) is 10.0 Å². The van der Waals surface area contributed by atoms with E-state index in [1.54, 1.807) is 12.1 Å². The number of Topliss-reactive ketones (excluding diaryl/α,β-unsaturated/α-hetero) is 1. The van der Waals surface area contributed by atoms with E-state index in [4.69, 9.17) is 27.9 Å². The number of amides is 1. The summed E-state index contributed by atoms with van der Waals surface area (Å²) in [6.45, 7) is 1.79. The number of halogens is 2. The Morgan fingerprint density at radius 2 is 2.09 bits per heavy atom. The molecule has 1 aliphatic heterocycles. The van der Waals surface area contributed by atoms with E-state index in [1.807, 2.05) is 0 Å². The van der Waals surface area contributed by atoms with Crippen molar-refractivity contribution in [3.63, 3.8) is 0 Å². The van der Waals surface area contributed by atoms with Crippen LogP contribution < -0.4 is 0 Å². The maximum absolute atomic E-state index is 12.2. The highest BCUT2D eigenvalue weighted by Crippen LogP contribution is 2.40. The Morgan fingerprint density at radius 1 is 1.41 bits per heavy atom. The third kappa shape index (κ3) is 2.97. The van der Waals surface area contributed by atoms with Crippen LogP contribution >= 0.6 is 23.2 Å². The van der Waals surface area contributed by atoms with Crippen LogP contribution in [0, 0.1) is 0 Å². The van der Waals surface area contributed by atoms with Gasteiger partial charge in [0, 0.05) is 23.7 Å². The first-order chi connectivity index (χ1) is 10.4. The Morgan fingerprint density at radius 3 is 2.64 bits per heavy atom. The fraction of sp³-hybridized carbons (Fsp3) is 0.333. The molecular formula is C15H15Cl2NO4. The van der Waals surface area contributed by atoms with Crippen molar-refractivity contribution in [1.29, 1.82) is 0 Å². The van der Waals surface area contributed by atoms with E-state index in [2.05, 4.69) is 0 Å². The first-order valence-electron chi connectivity index (χ1n) is 6.57. The molecule has 7 heteroatoms. The normalized spacial score (nSPS) is 18.3. The Balaban J connectivity index is 2.54. The van der Waals surface area contributed by atoms with Gasteiger partial charge in [0.1, 0.15) is 0 Å². The SMILES string of the molecule is COCCN1C(=O)C(O)=C(C(C)=O)[C@H]1c1ccc(Cl)cc1Cl. The Hall–Kier alpha value is -1.56. The van der Waals surface area contributed by atoms with Gasteiger partial charge >= 0.3 is 0 Å². The number of nitrogens with zero attached hydrogens (tertiary/aromatic N) is 1. The number of benzene rings is 1. The molecule has 0 saturated heterocycles. The minimum Gasteiger partial charge on any atom is -0.503 e. The number of carbonyl (C=O) groups excluding carboxylic acids is 2. The van der Waals surface area contributed by atoms with Crippen molar-refractivity contribution >= 4 is 34.9 Å². The molecule has 1 amide bonds. The van der Waals surface area contributed by atoms with Crippen molar-refractivity contribution in [2.75, 3.05) is 20.3 Å². The van der Waals surface area contributed by atoms with Crippen LogP contribution in [0.1, 0.15) is 18.5 Å². The second-order valence-electron chi connectivity index (χ2n) is 4.88. The molecular weight excluding hydrogens is 329 g/mol. The van der Waals surface area contributed by atoms with E-state index < -0.39 is 17.7 Å². The maximum atomic E-state index is 12.2. The molecule has 1 aromatic carbocycles. The number of rotatable bonds is 5. The van der Waals surface area contributed by atoms with E-state index >= 15 is 0 Å². The molecule has 0 fully saturated rings. The number of ketones is 1. The zero-order valence-corrected chi connectivity index (χ0v) is 13.6. The summed E-state index contributed by atoms with van der Waals surface area (Å²) >= 11 is 12.1. The van der Waals surface area contributed by atoms with Crippen molar-refractivity contribution in [3.8, 4) is 0 Å². The van der Waals surface area contributed by atoms with Gasteiger partial charge in [-0.05, 0) is 24.6 Å². The van der Waals surface area contributed by atoms with Gasteiger partial charge in [-0.2, -0.15) is 0 Å². The summed E-state index contributed by atoms with van der Waals surface area (Å²) in [5.74, 6) is -1.54. The highest BCUT2D eigenvalue weighted by Gasteiger charge is 2.42. The van der Waals surface area contributed by atoms with E-state index in [1.165, 1.54) is 25.0 Å². The first kappa shape index (κ1) is 16.8. The van der Waals surface area contributed by atoms with Crippen LogP contribution in [-0.4, -0.2) is 42.0 Å². The second kappa shape index (κ2) is 6.69. The van der Waals surface area contributed by atoms with Gasteiger partial charge in [-0.3, -0.25) is 9.59 Å². The van der Waals surface area contributed by atoms with Gasteiger partial charge in [0.2, 0.25) is 0 Å². The number of ether oxygens (including phenoxy) is 1. The predicted octanol–water partition coefficient (Wildman–Crippen LogP) is 2.92. The largest absolute Gasteiger partial charge is 0.503 e. The molecule has 0 saturated carbocycles. The van der Waals surface area contributed by atoms with Crippen molar-refractivity contribution in [3.05, 3.63) is 45.1 Å². The lowest BCUT2D eigenvalue weighted by Crippen LogP contribution is -2.34. The van der Waals surface area contributed by atoms with Crippen LogP contribution in [0.25, 0.3) is 0 Å². The number of aliphatic hydroxyl groups is 1. The van der Waals surface area contributed by atoms with Crippen LogP contribution in [0.3, 0.4) is 0 Å². The maximum Gasteiger partial charge on any atom is 0.290 e. The number of aliphatic hydroxyl groups excluding tert-OH is 1. The average Bonchev–Trinajstić information content (AvgIpc) is 2.69. The molecule has 0 aromatic heterocycles. The van der Waals surface area contributed by atoms with Gasteiger partial charge in [-0.15, -0.1) is 0 Å². The lowest BCUT2D eigenvalue weighted by molar-refractivity contribution is -0.130. The molecule has 1 atom stereocenters. The van der Waals surface area contributed by atoms with Crippen molar-refractivity contribution in [1.82, 2.24) is 4.90 Å². The molecule has 0 radical (unpaired) electrons. The summed E-state index contributed by atoms with van der Waals surface area (Å²) in [5, 5.41) is 10.8. The van der Waals surface area contributed by atoms with E-state index in [9.17, 15) is 14.7 Å². The van der Waals surface area contributed by atoms with Gasteiger partial charge in [-0.25, -0.2) is 0 Å². The molecule has 1 aromatic rings. The van der Waals surface area contributed by atoms with Crippen LogP contribution in [0.15, 0.2) is 29.5 Å². The molecule has 118 valence electrons. The molecule has 1 N–H and O–H groups in total. The Bertz CT molecular complexity index is 657. The minimum absolute atomic E-state index is 0.0327. The zero-order valence-electron chi connectivity index (χ0n) is 12.1. The summed E-state index contributed by atoms with van der Waals surface area (Å²) < 4.78 is 4.98. The van der Waals surface area contributed by atoms with E-state index in [0.717, 1.165) is 0 Å². The Kier molecular flexibility index (Phi) is 5.11. The van der Waals surface area contributed by atoms with E-state index in [-0.39, 0.29) is 24.5 Å². The number of hydrogen-bond acceptors (Lipinski definition) is 4. The van der Waals surface area contributed by atoms with Crippen LogP contribution in [-0.2, 0) is 14.3 Å². The highest BCUT2D eigenvalue weighted by molar-refractivity contribution is 6.35. The molecule has 0 bridgehead atoms. The van der Waals surface area contributed by atoms with Gasteiger partial charge in [0.25, 0.3) is 5.91 Å². The second-order valence-corrected chi connectivity index (χ2v) is 5.72. The molecule has 0 unspecified atom stereocenters. The summed E-state index contributed by atoms with van der Waals surface area (Å²) in [6, 6.07) is 4.05. The third-order valence-electron chi connectivity index (χ3n) is 3.48. The van der Waals surface area contributed by atoms with Crippen molar-refractivity contribution in [2.45, 2.75) is 13.0 Å². The smallest absolute Gasteiger partial charge is 0.290 e. The van der Waals surface area contributed by atoms with Crippen molar-refractivity contribution < 1.29 is 19.4 Å². The first-order valence-corrected chi connectivity index (χ1v) is 7.33. The van der Waals surface area contributed by atoms with Gasteiger partial charge < -0.3 is 14.7 Å². The molecule has 22 heavy (non-hydrogen) atoms. The summed E-state index contributed by atoms with van der Waals surface area (Å²) in [6.07, 6.45) is 0. The average molecular weight is 344 g/mol. The zero-order chi connectivity index (χ0) is 16.4. The lowest BCUT2D eigenvalue weighted by atomic mass is 9.96. The number of methoxy groups -OCH3 is 1. The molecule has 1 heterocycles. The molecule has 1 aliphatic rings. The van der Waals surface area contributed by atoms with Crippen molar-refractivity contribution in [2.24, 2.45) is 0 Å². The van der Waals surface area contributed by atoms with Gasteiger partial charge in [0.15, 0.2) is 11.5 Å². The summed E-state index contributed by atoms with van der Waals surface area (Å²) in [4.78, 5) is 25.5. The summed E-state index contributed by atoms with van der Waals surface area (Å²) in [7, 11) is 1.50. The Labute approximate surface area is 138 Å². The quantitative estimate of drug-likeness (QED) is 0.892. The number of carbonyl (C=O) groups is 2. The van der Waals surface area contributed by atoms with Crippen LogP contribution in [0.5, 0.6) is 0 Å². The van der Waals surface area contributed by atoms with Gasteiger partial charge in [-0.1, -0.05) is 29.3 Å². The fourth-order valence-corrected chi connectivity index (χ4v) is 2.99. The standard InChI is InChI=1S/C15H15Cl2NO4/c1-8(19)12-13(10-4-3-9(16)7-11(10)17)18(5-6-22-2)15(21)14(12)20/h3-4,7,13,20H,5-6H2,1-2H3/t13-/m1/s1. The molecule has 5 nitrogen and oxygen atoms in total. The topological polar surface area (TPSA) is 66.8 Å². The third-order valence-corrected chi connectivity index (χ3v) is 4.04. The molecule has 2 rings (SSSR count). The lowest BCUT2D eigenvalue weighted by Gasteiger charge is -2.27. The molecule has 0 aliphatic carbocycles. The van der Waals surface area contributed by atoms with Gasteiger partial charge in [0.05, 0.1) is 18.2 Å². The summed E-state index contributed by atoms with van der Waals surface area (Å²) in [5.41, 5.74) is 0.565. The van der Waals surface area contributed by atoms with E-state index in [0.29, 0.717) is 15.6 Å². The van der Waals surface area contributed by atoms with Crippen LogP contribution in [0.4, 0.5) is 0 Å². The fourth-order valence-electron chi connectivity index (χ4n) is 2.48. The predicted molar refractivity (Wildman–Crippen MR) is 83.1 cm³/mol. The monoisotopic (exact) mass is 343 g/mol. The molecule has 0 spiro atoms.